The molecule has 0 bridgehead atoms. The lowest BCUT2D eigenvalue weighted by Gasteiger charge is -2.17. The minimum absolute atomic E-state index is 0.0108. The number of rotatable bonds is 5. The zero-order valence-electron chi connectivity index (χ0n) is 12.6. The predicted octanol–water partition coefficient (Wildman–Crippen LogP) is 3.57. The number of nitrogens with one attached hydrogen (secondary N) is 2. The summed E-state index contributed by atoms with van der Waals surface area (Å²) in [6.45, 7) is 1.83. The maximum Gasteiger partial charge on any atom is 0.315 e. The van der Waals surface area contributed by atoms with Gasteiger partial charge in [-0.25, -0.2) is 9.18 Å². The van der Waals surface area contributed by atoms with Crippen LogP contribution in [0.2, 0.25) is 5.02 Å². The number of benzene rings is 2. The van der Waals surface area contributed by atoms with Crippen LogP contribution in [0.4, 0.5) is 9.18 Å². The van der Waals surface area contributed by atoms with Gasteiger partial charge >= 0.3 is 6.03 Å². The monoisotopic (exact) mass is 336 g/mol. The Labute approximate surface area is 139 Å². The molecule has 0 aromatic heterocycles. The molecule has 23 heavy (non-hydrogen) atoms. The van der Waals surface area contributed by atoms with Crippen molar-refractivity contribution in [3.63, 3.8) is 0 Å². The third-order valence-corrected chi connectivity index (χ3v) is 3.74. The van der Waals surface area contributed by atoms with Gasteiger partial charge in [-0.1, -0.05) is 48.0 Å². The van der Waals surface area contributed by atoms with E-state index in [-0.39, 0.29) is 17.6 Å². The van der Waals surface area contributed by atoms with Gasteiger partial charge in [0.1, 0.15) is 5.82 Å². The minimum Gasteiger partial charge on any atom is -0.387 e. The number of urea groups is 1. The van der Waals surface area contributed by atoms with Crippen LogP contribution in [-0.4, -0.2) is 17.7 Å². The Morgan fingerprint density at radius 2 is 1.91 bits per heavy atom. The fourth-order valence-corrected chi connectivity index (χ4v) is 2.22. The molecular formula is C17H18ClFN2O2. The van der Waals surface area contributed by atoms with Crippen molar-refractivity contribution in [1.82, 2.24) is 10.6 Å². The Hall–Kier alpha value is -2.11. The average Bonchev–Trinajstić information content (AvgIpc) is 2.56. The van der Waals surface area contributed by atoms with Crippen molar-refractivity contribution in [2.75, 3.05) is 6.54 Å². The molecule has 0 saturated heterocycles. The molecule has 3 N–H and O–H groups in total. The van der Waals surface area contributed by atoms with Crippen LogP contribution in [0, 0.1) is 5.82 Å². The van der Waals surface area contributed by atoms with Gasteiger partial charge in [0.05, 0.1) is 17.2 Å². The lowest BCUT2D eigenvalue weighted by molar-refractivity contribution is 0.172. The van der Waals surface area contributed by atoms with E-state index in [4.69, 9.17) is 11.6 Å². The van der Waals surface area contributed by atoms with Gasteiger partial charge in [-0.2, -0.15) is 0 Å². The minimum atomic E-state index is -1.01. The molecule has 2 aromatic rings. The van der Waals surface area contributed by atoms with Crippen LogP contribution in [0.5, 0.6) is 0 Å². The van der Waals surface area contributed by atoms with Crippen molar-refractivity contribution in [3.05, 3.63) is 70.5 Å². The van der Waals surface area contributed by atoms with E-state index >= 15 is 0 Å². The number of amides is 2. The first-order valence-electron chi connectivity index (χ1n) is 7.19. The molecule has 4 nitrogen and oxygen atoms in total. The molecule has 0 fully saturated rings. The maximum atomic E-state index is 13.4. The van der Waals surface area contributed by atoms with Crippen molar-refractivity contribution in [2.24, 2.45) is 0 Å². The van der Waals surface area contributed by atoms with Crippen LogP contribution in [0.1, 0.15) is 30.2 Å². The van der Waals surface area contributed by atoms with E-state index in [1.54, 1.807) is 0 Å². The highest BCUT2D eigenvalue weighted by Crippen LogP contribution is 2.20. The molecule has 2 amide bonds. The Kier molecular flexibility index (Phi) is 5.96. The van der Waals surface area contributed by atoms with Crippen LogP contribution >= 0.6 is 11.6 Å². The standard InChI is InChI=1S/C17H18ClFN2O2/c1-11(12-5-3-2-4-6-12)21-17(23)20-10-16(22)13-7-8-14(18)15(19)9-13/h2-9,11,16,22H,10H2,1H3,(H2,20,21,23). The highest BCUT2D eigenvalue weighted by atomic mass is 35.5. The second-order valence-electron chi connectivity index (χ2n) is 5.18. The molecule has 122 valence electrons. The summed E-state index contributed by atoms with van der Waals surface area (Å²) in [7, 11) is 0. The summed E-state index contributed by atoms with van der Waals surface area (Å²) in [5, 5.41) is 15.3. The van der Waals surface area contributed by atoms with Crippen molar-refractivity contribution in [2.45, 2.75) is 19.1 Å². The highest BCUT2D eigenvalue weighted by molar-refractivity contribution is 6.30. The van der Waals surface area contributed by atoms with Gasteiger partial charge < -0.3 is 15.7 Å². The Morgan fingerprint density at radius 3 is 2.57 bits per heavy atom. The number of halogens is 2. The van der Waals surface area contributed by atoms with Crippen molar-refractivity contribution in [3.8, 4) is 0 Å². The van der Waals surface area contributed by atoms with E-state index in [9.17, 15) is 14.3 Å². The predicted molar refractivity (Wildman–Crippen MR) is 87.8 cm³/mol. The van der Waals surface area contributed by atoms with Gasteiger partial charge in [-0.15, -0.1) is 0 Å². The Morgan fingerprint density at radius 1 is 1.22 bits per heavy atom. The number of aliphatic hydroxyl groups is 1. The molecule has 0 aliphatic heterocycles. The van der Waals surface area contributed by atoms with Crippen LogP contribution in [0.3, 0.4) is 0 Å². The van der Waals surface area contributed by atoms with Gasteiger partial charge in [0.15, 0.2) is 0 Å². The van der Waals surface area contributed by atoms with Crippen LogP contribution < -0.4 is 10.6 Å². The van der Waals surface area contributed by atoms with Gasteiger partial charge in [0.25, 0.3) is 0 Å². The van der Waals surface area contributed by atoms with Gasteiger partial charge in [-0.3, -0.25) is 0 Å². The summed E-state index contributed by atoms with van der Waals surface area (Å²) < 4.78 is 13.4. The van der Waals surface area contributed by atoms with Gasteiger partial charge in [0.2, 0.25) is 0 Å². The largest absolute Gasteiger partial charge is 0.387 e. The molecule has 6 heteroatoms. The van der Waals surface area contributed by atoms with E-state index in [0.717, 1.165) is 11.6 Å². The van der Waals surface area contributed by atoms with E-state index in [0.29, 0.717) is 5.56 Å². The number of carbonyl (C=O) groups is 1. The highest BCUT2D eigenvalue weighted by Gasteiger charge is 2.13. The van der Waals surface area contributed by atoms with E-state index in [1.807, 2.05) is 37.3 Å². The number of carbonyl (C=O) groups excluding carboxylic acids is 1. The van der Waals surface area contributed by atoms with Crippen molar-refractivity contribution >= 4 is 17.6 Å². The first kappa shape index (κ1) is 17.2. The number of hydrogen-bond donors (Lipinski definition) is 3. The molecule has 2 unspecified atom stereocenters. The van der Waals surface area contributed by atoms with Crippen LogP contribution in [0.15, 0.2) is 48.5 Å². The molecule has 0 aliphatic carbocycles. The molecule has 2 rings (SSSR count). The maximum absolute atomic E-state index is 13.4. The second kappa shape index (κ2) is 7.94. The zero-order valence-corrected chi connectivity index (χ0v) is 13.3. The average molecular weight is 337 g/mol. The Bertz CT molecular complexity index is 667. The third kappa shape index (κ3) is 4.94. The van der Waals surface area contributed by atoms with Crippen molar-refractivity contribution < 1.29 is 14.3 Å². The third-order valence-electron chi connectivity index (χ3n) is 3.43. The first-order chi connectivity index (χ1) is 11.0. The summed E-state index contributed by atoms with van der Waals surface area (Å²) in [5.74, 6) is -0.606. The summed E-state index contributed by atoms with van der Waals surface area (Å²) >= 11 is 5.59. The quantitative estimate of drug-likeness (QED) is 0.781. The fraction of sp³-hybridized carbons (Fsp3) is 0.235. The lowest BCUT2D eigenvalue weighted by Crippen LogP contribution is -2.39. The van der Waals surface area contributed by atoms with Crippen LogP contribution in [0.25, 0.3) is 0 Å². The first-order valence-corrected chi connectivity index (χ1v) is 7.57. The van der Waals surface area contributed by atoms with Crippen molar-refractivity contribution in [1.29, 1.82) is 0 Å². The van der Waals surface area contributed by atoms with E-state index in [2.05, 4.69) is 10.6 Å². The van der Waals surface area contributed by atoms with E-state index in [1.165, 1.54) is 12.1 Å². The molecule has 2 atom stereocenters. The molecule has 0 radical (unpaired) electrons. The summed E-state index contributed by atoms with van der Waals surface area (Å²) in [5.41, 5.74) is 1.33. The SMILES string of the molecule is CC(NC(=O)NCC(O)c1ccc(Cl)c(F)c1)c1ccccc1. The second-order valence-corrected chi connectivity index (χ2v) is 5.58. The van der Waals surface area contributed by atoms with Crippen LogP contribution in [-0.2, 0) is 0 Å². The molecule has 2 aromatic carbocycles. The molecule has 0 spiro atoms. The van der Waals surface area contributed by atoms with E-state index < -0.39 is 18.0 Å². The molecule has 0 heterocycles. The fourth-order valence-electron chi connectivity index (χ4n) is 2.10. The topological polar surface area (TPSA) is 61.4 Å². The molecular weight excluding hydrogens is 319 g/mol. The summed E-state index contributed by atoms with van der Waals surface area (Å²) in [6.07, 6.45) is -1.01. The summed E-state index contributed by atoms with van der Waals surface area (Å²) in [6, 6.07) is 13.0. The number of hydrogen-bond acceptors (Lipinski definition) is 2. The summed E-state index contributed by atoms with van der Waals surface area (Å²) in [4.78, 5) is 11.9. The molecule has 0 aliphatic rings. The number of aliphatic hydroxyl groups excluding tert-OH is 1. The van der Waals surface area contributed by atoms with Gasteiger partial charge in [-0.05, 0) is 30.2 Å². The van der Waals surface area contributed by atoms with Gasteiger partial charge in [0, 0.05) is 6.54 Å². The zero-order chi connectivity index (χ0) is 16.8. The Balaban J connectivity index is 1.85. The molecule has 0 saturated carbocycles. The normalized spacial score (nSPS) is 13.2. The smallest absolute Gasteiger partial charge is 0.315 e. The lowest BCUT2D eigenvalue weighted by atomic mass is 10.1.